The highest BCUT2D eigenvalue weighted by Gasteiger charge is 2.70. The van der Waals surface area contributed by atoms with Gasteiger partial charge in [0.05, 0.1) is 21.9 Å². The summed E-state index contributed by atoms with van der Waals surface area (Å²) in [6.07, 6.45) is 2.05. The van der Waals surface area contributed by atoms with Gasteiger partial charge < -0.3 is 10.2 Å². The van der Waals surface area contributed by atoms with E-state index in [9.17, 15) is 14.4 Å². The number of Topliss-reactive ketones (excluding diaryl/α,β-unsaturated/α-hetero) is 2. The van der Waals surface area contributed by atoms with Gasteiger partial charge in [-0.25, -0.2) is 0 Å². The van der Waals surface area contributed by atoms with Crippen molar-refractivity contribution in [1.82, 2.24) is 0 Å². The first-order chi connectivity index (χ1) is 19.7. The molecule has 41 heavy (non-hydrogen) atoms. The Bertz CT molecular complexity index is 1810. The predicted molar refractivity (Wildman–Crippen MR) is 165 cm³/mol. The summed E-state index contributed by atoms with van der Waals surface area (Å²) >= 11 is 14.1. The maximum Gasteiger partial charge on any atom is 0.238 e. The Labute approximate surface area is 251 Å². The lowest BCUT2D eigenvalue weighted by molar-refractivity contribution is -0.121. The fourth-order valence-electron chi connectivity index (χ4n) is 6.97. The average molecular weight is 600 g/mol. The van der Waals surface area contributed by atoms with E-state index in [4.69, 9.17) is 23.2 Å². The fourth-order valence-corrected chi connectivity index (χ4v) is 8.17. The van der Waals surface area contributed by atoms with E-state index >= 15 is 0 Å². The van der Waals surface area contributed by atoms with Crippen LogP contribution in [0.3, 0.4) is 0 Å². The van der Waals surface area contributed by atoms with Crippen molar-refractivity contribution in [3.63, 3.8) is 0 Å². The molecule has 0 unspecified atom stereocenters. The third-order valence-corrected chi connectivity index (χ3v) is 10.1. The zero-order chi connectivity index (χ0) is 28.6. The van der Waals surface area contributed by atoms with E-state index in [0.29, 0.717) is 21.2 Å². The van der Waals surface area contributed by atoms with Gasteiger partial charge in [0, 0.05) is 27.5 Å². The van der Waals surface area contributed by atoms with Crippen LogP contribution in [-0.4, -0.2) is 29.6 Å². The normalized spacial score (nSPS) is 24.0. The topological polar surface area (TPSA) is 66.5 Å². The quantitative estimate of drug-likeness (QED) is 0.245. The van der Waals surface area contributed by atoms with Crippen molar-refractivity contribution >= 4 is 69.0 Å². The number of nitrogens with zero attached hydrogens (tertiary/aromatic N) is 1. The molecule has 1 fully saturated rings. The molecule has 8 heteroatoms. The van der Waals surface area contributed by atoms with Crippen LogP contribution in [0.1, 0.15) is 43.6 Å². The van der Waals surface area contributed by atoms with Crippen LogP contribution in [0.5, 0.6) is 0 Å². The van der Waals surface area contributed by atoms with Gasteiger partial charge in [0.15, 0.2) is 11.6 Å². The molecule has 4 heterocycles. The van der Waals surface area contributed by atoms with Crippen molar-refractivity contribution in [3.8, 4) is 0 Å². The molecule has 1 spiro atoms. The largest absolute Gasteiger partial charge is 0.352 e. The third kappa shape index (κ3) is 3.64. The summed E-state index contributed by atoms with van der Waals surface area (Å²) in [5.74, 6) is -1.97. The van der Waals surface area contributed by atoms with Crippen LogP contribution in [0, 0.1) is 12.8 Å². The van der Waals surface area contributed by atoms with Crippen LogP contribution < -0.4 is 10.2 Å². The highest BCUT2D eigenvalue weighted by molar-refractivity contribution is 7.12. The fraction of sp³-hybridized carbons (Fsp3) is 0.182. The van der Waals surface area contributed by atoms with Crippen molar-refractivity contribution < 1.29 is 14.4 Å². The summed E-state index contributed by atoms with van der Waals surface area (Å²) < 4.78 is 0. The summed E-state index contributed by atoms with van der Waals surface area (Å²) in [4.78, 5) is 46.4. The number of hydrogen-bond acceptors (Lipinski definition) is 5. The Kier molecular flexibility index (Phi) is 6.02. The molecule has 0 aliphatic carbocycles. The summed E-state index contributed by atoms with van der Waals surface area (Å²) in [7, 11) is 0. The number of benzene rings is 3. The van der Waals surface area contributed by atoms with Crippen molar-refractivity contribution in [1.29, 1.82) is 0 Å². The highest BCUT2D eigenvalue weighted by Crippen LogP contribution is 2.59. The van der Waals surface area contributed by atoms with Crippen molar-refractivity contribution in [2.24, 2.45) is 5.92 Å². The third-order valence-electron chi connectivity index (χ3n) is 8.64. The van der Waals surface area contributed by atoms with Gasteiger partial charge in [-0.05, 0) is 72.8 Å². The average Bonchev–Trinajstić information content (AvgIpc) is 3.65. The molecule has 204 valence electrons. The van der Waals surface area contributed by atoms with E-state index in [1.54, 1.807) is 18.2 Å². The Morgan fingerprint density at radius 1 is 0.951 bits per heavy atom. The zero-order valence-corrected chi connectivity index (χ0v) is 24.5. The van der Waals surface area contributed by atoms with Crippen LogP contribution in [0.25, 0.3) is 5.57 Å². The van der Waals surface area contributed by atoms with E-state index in [1.807, 2.05) is 66.6 Å². The standard InChI is InChI=1S/C33H24Cl2N2O3S/c1-17-9-12-25-21(14-17)18(2)15-27-33(22-6-3-4-7-24(22)36-32(33)40)28(30(38)20-11-10-19(34)16-23(20)35)29(37(25)27)31(39)26-8-5-13-41-26/h3-16,27-29H,1-2H3,(H,36,40)/t27-,28-,29+,33-/m1/s1. The zero-order valence-electron chi connectivity index (χ0n) is 22.2. The molecule has 4 atom stereocenters. The molecule has 1 N–H and O–H groups in total. The van der Waals surface area contributed by atoms with Gasteiger partial charge in [-0.1, -0.05) is 65.2 Å². The number of fused-ring (bicyclic) bond motifs is 6. The molecule has 4 aromatic rings. The van der Waals surface area contributed by atoms with E-state index in [2.05, 4.69) is 17.5 Å². The van der Waals surface area contributed by atoms with Crippen LogP contribution in [0.4, 0.5) is 11.4 Å². The lowest BCUT2D eigenvalue weighted by Gasteiger charge is -2.39. The van der Waals surface area contributed by atoms with Gasteiger partial charge >= 0.3 is 0 Å². The molecular formula is C33H24Cl2N2O3S. The number of amides is 1. The van der Waals surface area contributed by atoms with Crippen LogP contribution in [-0.2, 0) is 10.2 Å². The van der Waals surface area contributed by atoms with Crippen LogP contribution in [0.15, 0.2) is 84.3 Å². The lowest BCUT2D eigenvalue weighted by Crippen LogP contribution is -2.51. The van der Waals surface area contributed by atoms with Gasteiger partial charge in [-0.3, -0.25) is 14.4 Å². The summed E-state index contributed by atoms with van der Waals surface area (Å²) in [5, 5.41) is 5.47. The molecular weight excluding hydrogens is 575 g/mol. The number of hydrogen-bond donors (Lipinski definition) is 1. The molecule has 7 rings (SSSR count). The number of carbonyl (C=O) groups is 3. The molecule has 3 aliphatic heterocycles. The second kappa shape index (κ2) is 9.41. The molecule has 0 saturated carbocycles. The van der Waals surface area contributed by atoms with Gasteiger partial charge in [-0.2, -0.15) is 0 Å². The number of allylic oxidation sites excluding steroid dienone is 1. The second-order valence-electron chi connectivity index (χ2n) is 10.8. The number of anilines is 2. The minimum Gasteiger partial charge on any atom is -0.352 e. The molecule has 1 saturated heterocycles. The molecule has 1 amide bonds. The van der Waals surface area contributed by atoms with Gasteiger partial charge in [-0.15, -0.1) is 11.3 Å². The number of rotatable bonds is 4. The SMILES string of the molecule is CC1=C[C@H]2N(c3ccc(C)cc31)[C@H](C(=O)c1cccs1)[C@H](C(=O)c1ccc(Cl)cc1Cl)[C@]21C(=O)Nc2ccccc21. The van der Waals surface area contributed by atoms with Crippen molar-refractivity contribution in [2.75, 3.05) is 10.2 Å². The minimum atomic E-state index is -1.39. The maximum absolute atomic E-state index is 14.9. The number of thiophene rings is 1. The van der Waals surface area contributed by atoms with Crippen molar-refractivity contribution in [3.05, 3.63) is 121 Å². The highest BCUT2D eigenvalue weighted by atomic mass is 35.5. The summed E-state index contributed by atoms with van der Waals surface area (Å²) in [6.45, 7) is 4.04. The lowest BCUT2D eigenvalue weighted by atomic mass is 9.64. The van der Waals surface area contributed by atoms with Gasteiger partial charge in [0.2, 0.25) is 5.91 Å². The Balaban J connectivity index is 1.57. The van der Waals surface area contributed by atoms with Crippen LogP contribution in [0.2, 0.25) is 10.0 Å². The number of carbonyl (C=O) groups excluding carboxylic acids is 3. The summed E-state index contributed by atoms with van der Waals surface area (Å²) in [5.41, 5.74) is 4.04. The van der Waals surface area contributed by atoms with E-state index in [-0.39, 0.29) is 28.1 Å². The molecule has 1 aromatic heterocycles. The first-order valence-electron chi connectivity index (χ1n) is 13.3. The monoisotopic (exact) mass is 598 g/mol. The number of ketones is 2. The molecule has 3 aliphatic rings. The summed E-state index contributed by atoms with van der Waals surface area (Å²) in [6, 6.07) is 20.3. The van der Waals surface area contributed by atoms with Crippen molar-refractivity contribution in [2.45, 2.75) is 31.3 Å². The Morgan fingerprint density at radius 3 is 2.51 bits per heavy atom. The molecule has 0 bridgehead atoms. The predicted octanol–water partition coefficient (Wildman–Crippen LogP) is 7.61. The van der Waals surface area contributed by atoms with E-state index in [1.165, 1.54) is 17.4 Å². The van der Waals surface area contributed by atoms with Gasteiger partial charge in [0.1, 0.15) is 11.5 Å². The molecule has 0 radical (unpaired) electrons. The molecule has 3 aromatic carbocycles. The number of para-hydroxylation sites is 1. The number of aryl methyl sites for hydroxylation is 1. The number of halogens is 2. The van der Waals surface area contributed by atoms with Crippen LogP contribution >= 0.6 is 34.5 Å². The minimum absolute atomic E-state index is 0.180. The Hall–Kier alpha value is -3.71. The number of nitrogens with one attached hydrogen (secondary N) is 1. The maximum atomic E-state index is 14.9. The smallest absolute Gasteiger partial charge is 0.238 e. The second-order valence-corrected chi connectivity index (χ2v) is 12.6. The molecule has 5 nitrogen and oxygen atoms in total. The van der Waals surface area contributed by atoms with E-state index in [0.717, 1.165) is 22.4 Å². The first kappa shape index (κ1) is 26.2. The Morgan fingerprint density at radius 2 is 1.76 bits per heavy atom. The first-order valence-corrected chi connectivity index (χ1v) is 14.9. The van der Waals surface area contributed by atoms with Gasteiger partial charge in [0.25, 0.3) is 0 Å². The van der Waals surface area contributed by atoms with E-state index < -0.39 is 23.4 Å².